The zero-order valence-corrected chi connectivity index (χ0v) is 10.5. The summed E-state index contributed by atoms with van der Waals surface area (Å²) in [4.78, 5) is 11.8. The highest BCUT2D eigenvalue weighted by Crippen LogP contribution is 2.19. The Morgan fingerprint density at radius 2 is 2.28 bits per heavy atom. The molecule has 2 aromatic rings. The molecular weight excluding hydrogens is 254 g/mol. The van der Waals surface area contributed by atoms with Gasteiger partial charge in [0, 0.05) is 11.6 Å². The van der Waals surface area contributed by atoms with E-state index in [1.165, 1.54) is 6.07 Å². The van der Waals surface area contributed by atoms with E-state index in [0.717, 1.165) is 0 Å². The fourth-order valence-corrected chi connectivity index (χ4v) is 1.62. The van der Waals surface area contributed by atoms with Crippen molar-refractivity contribution in [1.29, 1.82) is 0 Å². The number of nitrogens with one attached hydrogen (secondary N) is 1. The Kier molecular flexibility index (Phi) is 3.53. The number of aromatic nitrogens is 1. The second kappa shape index (κ2) is 5.10. The summed E-state index contributed by atoms with van der Waals surface area (Å²) in [6, 6.07) is 6.50. The number of hydrogen-bond donors (Lipinski definition) is 2. The fourth-order valence-electron chi connectivity index (χ4n) is 1.44. The number of rotatable bonds is 3. The summed E-state index contributed by atoms with van der Waals surface area (Å²) in [7, 11) is 0. The van der Waals surface area contributed by atoms with Crippen LogP contribution in [0.1, 0.15) is 21.8 Å². The number of nitrogens with two attached hydrogens (primary N) is 1. The largest absolute Gasteiger partial charge is 0.398 e. The molecule has 0 saturated carbocycles. The van der Waals surface area contributed by atoms with Crippen LogP contribution in [0.4, 0.5) is 5.69 Å². The van der Waals surface area contributed by atoms with Crippen molar-refractivity contribution in [1.82, 2.24) is 10.5 Å². The standard InChI is InChI=1S/C12H12ClN3O2/c1-7-4-9(16-18-7)6-15-12(17)8-2-3-11(14)10(13)5-8/h2-5H,6,14H2,1H3,(H,15,17). The van der Waals surface area contributed by atoms with Gasteiger partial charge in [-0.3, -0.25) is 4.79 Å². The van der Waals surface area contributed by atoms with E-state index < -0.39 is 0 Å². The Morgan fingerprint density at radius 1 is 1.50 bits per heavy atom. The van der Waals surface area contributed by atoms with Gasteiger partial charge in [0.05, 0.1) is 17.3 Å². The van der Waals surface area contributed by atoms with E-state index in [1.54, 1.807) is 25.1 Å². The number of anilines is 1. The van der Waals surface area contributed by atoms with Crippen LogP contribution in [0.2, 0.25) is 5.02 Å². The Labute approximate surface area is 109 Å². The smallest absolute Gasteiger partial charge is 0.251 e. The summed E-state index contributed by atoms with van der Waals surface area (Å²) in [6.07, 6.45) is 0. The molecule has 0 bridgehead atoms. The lowest BCUT2D eigenvalue weighted by atomic mass is 10.2. The van der Waals surface area contributed by atoms with Gasteiger partial charge in [-0.15, -0.1) is 0 Å². The van der Waals surface area contributed by atoms with E-state index in [1.807, 2.05) is 0 Å². The van der Waals surface area contributed by atoms with Crippen LogP contribution in [0.5, 0.6) is 0 Å². The zero-order chi connectivity index (χ0) is 13.1. The van der Waals surface area contributed by atoms with Crippen LogP contribution in [0.15, 0.2) is 28.8 Å². The topological polar surface area (TPSA) is 81.2 Å². The molecule has 0 atom stereocenters. The number of benzene rings is 1. The van der Waals surface area contributed by atoms with Crippen LogP contribution >= 0.6 is 11.6 Å². The summed E-state index contributed by atoms with van der Waals surface area (Å²) < 4.78 is 4.90. The summed E-state index contributed by atoms with van der Waals surface area (Å²) >= 11 is 5.85. The molecule has 0 aliphatic heterocycles. The Balaban J connectivity index is 2.01. The second-order valence-electron chi connectivity index (χ2n) is 3.85. The van der Waals surface area contributed by atoms with E-state index in [4.69, 9.17) is 21.9 Å². The first-order valence-corrected chi connectivity index (χ1v) is 5.69. The van der Waals surface area contributed by atoms with Crippen LogP contribution in [0, 0.1) is 6.92 Å². The van der Waals surface area contributed by atoms with Crippen molar-refractivity contribution in [3.8, 4) is 0 Å². The first kappa shape index (κ1) is 12.4. The van der Waals surface area contributed by atoms with Gasteiger partial charge in [-0.2, -0.15) is 0 Å². The minimum atomic E-state index is -0.238. The number of halogens is 1. The summed E-state index contributed by atoms with van der Waals surface area (Å²) in [5.41, 5.74) is 7.14. The number of hydrogen-bond acceptors (Lipinski definition) is 4. The SMILES string of the molecule is Cc1cc(CNC(=O)c2ccc(N)c(Cl)c2)no1. The maximum atomic E-state index is 11.8. The molecule has 1 aromatic carbocycles. The van der Waals surface area contributed by atoms with Gasteiger partial charge >= 0.3 is 0 Å². The van der Waals surface area contributed by atoms with Crippen LogP contribution in [0.25, 0.3) is 0 Å². The summed E-state index contributed by atoms with van der Waals surface area (Å²) in [6.45, 7) is 2.09. The molecule has 1 heterocycles. The molecule has 0 aliphatic rings. The predicted molar refractivity (Wildman–Crippen MR) is 68.3 cm³/mol. The van der Waals surface area contributed by atoms with E-state index in [0.29, 0.717) is 34.3 Å². The maximum Gasteiger partial charge on any atom is 0.251 e. The highest BCUT2D eigenvalue weighted by Gasteiger charge is 2.08. The van der Waals surface area contributed by atoms with Crippen LogP contribution in [-0.4, -0.2) is 11.1 Å². The van der Waals surface area contributed by atoms with Gasteiger partial charge in [-0.1, -0.05) is 16.8 Å². The quantitative estimate of drug-likeness (QED) is 0.833. The van der Waals surface area contributed by atoms with Crippen molar-refractivity contribution in [3.05, 3.63) is 46.3 Å². The first-order valence-electron chi connectivity index (χ1n) is 5.31. The van der Waals surface area contributed by atoms with E-state index in [-0.39, 0.29) is 5.91 Å². The number of amides is 1. The summed E-state index contributed by atoms with van der Waals surface area (Å²) in [5, 5.41) is 6.85. The van der Waals surface area contributed by atoms with E-state index in [9.17, 15) is 4.79 Å². The van der Waals surface area contributed by atoms with Gasteiger partial charge in [-0.05, 0) is 25.1 Å². The van der Waals surface area contributed by atoms with Gasteiger partial charge in [0.15, 0.2) is 0 Å². The fraction of sp³-hybridized carbons (Fsp3) is 0.167. The van der Waals surface area contributed by atoms with Crippen molar-refractivity contribution >= 4 is 23.2 Å². The zero-order valence-electron chi connectivity index (χ0n) is 9.74. The molecule has 0 radical (unpaired) electrons. The molecule has 5 nitrogen and oxygen atoms in total. The lowest BCUT2D eigenvalue weighted by Crippen LogP contribution is -2.22. The normalized spacial score (nSPS) is 10.3. The van der Waals surface area contributed by atoms with E-state index >= 15 is 0 Å². The maximum absolute atomic E-state index is 11.8. The van der Waals surface area contributed by atoms with E-state index in [2.05, 4.69) is 10.5 Å². The number of nitrogen functional groups attached to an aromatic ring is 1. The Hall–Kier alpha value is -2.01. The molecule has 0 saturated heterocycles. The number of nitrogens with zero attached hydrogens (tertiary/aromatic N) is 1. The Bertz CT molecular complexity index is 580. The third-order valence-corrected chi connectivity index (χ3v) is 2.70. The van der Waals surface area contributed by atoms with Gasteiger partial charge in [0.1, 0.15) is 11.5 Å². The average molecular weight is 266 g/mol. The highest BCUT2D eigenvalue weighted by molar-refractivity contribution is 6.33. The molecule has 0 spiro atoms. The molecule has 6 heteroatoms. The monoisotopic (exact) mass is 265 g/mol. The van der Waals surface area contributed by atoms with Crippen molar-refractivity contribution in [2.75, 3.05) is 5.73 Å². The average Bonchev–Trinajstić information content (AvgIpc) is 2.75. The lowest BCUT2D eigenvalue weighted by molar-refractivity contribution is 0.0950. The second-order valence-corrected chi connectivity index (χ2v) is 4.26. The van der Waals surface area contributed by atoms with Crippen molar-refractivity contribution < 1.29 is 9.32 Å². The highest BCUT2D eigenvalue weighted by atomic mass is 35.5. The molecule has 94 valence electrons. The lowest BCUT2D eigenvalue weighted by Gasteiger charge is -2.04. The molecule has 0 aliphatic carbocycles. The van der Waals surface area contributed by atoms with Crippen LogP contribution in [0.3, 0.4) is 0 Å². The molecule has 0 fully saturated rings. The van der Waals surface area contributed by atoms with Crippen molar-refractivity contribution in [3.63, 3.8) is 0 Å². The number of carbonyl (C=O) groups excluding carboxylic acids is 1. The molecule has 2 rings (SSSR count). The first-order chi connectivity index (χ1) is 8.56. The van der Waals surface area contributed by atoms with Gasteiger partial charge in [0.25, 0.3) is 5.91 Å². The summed E-state index contributed by atoms with van der Waals surface area (Å²) in [5.74, 6) is 0.465. The van der Waals surface area contributed by atoms with Crippen LogP contribution in [-0.2, 0) is 6.54 Å². The number of carbonyl (C=O) groups is 1. The predicted octanol–water partition coefficient (Wildman–Crippen LogP) is 2.15. The molecule has 18 heavy (non-hydrogen) atoms. The van der Waals surface area contributed by atoms with Gasteiger partial charge in [0.2, 0.25) is 0 Å². The van der Waals surface area contributed by atoms with Crippen LogP contribution < -0.4 is 11.1 Å². The molecule has 1 amide bonds. The van der Waals surface area contributed by atoms with Crippen molar-refractivity contribution in [2.24, 2.45) is 0 Å². The minimum Gasteiger partial charge on any atom is -0.398 e. The van der Waals surface area contributed by atoms with Gasteiger partial charge in [-0.25, -0.2) is 0 Å². The third kappa shape index (κ3) is 2.81. The molecule has 0 unspecified atom stereocenters. The van der Waals surface area contributed by atoms with Crippen molar-refractivity contribution in [2.45, 2.75) is 13.5 Å². The van der Waals surface area contributed by atoms with Gasteiger partial charge < -0.3 is 15.6 Å². The number of aryl methyl sites for hydroxylation is 1. The third-order valence-electron chi connectivity index (χ3n) is 2.37. The molecule has 3 N–H and O–H groups in total. The Morgan fingerprint density at radius 3 is 2.89 bits per heavy atom. The molecular formula is C12H12ClN3O2. The minimum absolute atomic E-state index is 0.238. The molecule has 1 aromatic heterocycles.